The van der Waals surface area contributed by atoms with Crippen LogP contribution in [0.2, 0.25) is 0 Å². The molecule has 9 nitrogen and oxygen atoms in total. The Kier molecular flexibility index (Phi) is 9.47. The van der Waals surface area contributed by atoms with Crippen molar-refractivity contribution in [3.63, 3.8) is 0 Å². The van der Waals surface area contributed by atoms with Crippen LogP contribution in [-0.2, 0) is 14.6 Å². The molecule has 206 valence electrons. The lowest BCUT2D eigenvalue weighted by Crippen LogP contribution is -2.48. The molecule has 0 bridgehead atoms. The van der Waals surface area contributed by atoms with Crippen LogP contribution in [0, 0.1) is 5.41 Å². The summed E-state index contributed by atoms with van der Waals surface area (Å²) in [6, 6.07) is 19.5. The van der Waals surface area contributed by atoms with Crippen molar-refractivity contribution < 1.29 is 27.9 Å². The molecule has 0 radical (unpaired) electrons. The van der Waals surface area contributed by atoms with E-state index in [1.54, 1.807) is 80.6 Å². The molecule has 10 heteroatoms. The first-order chi connectivity index (χ1) is 18.4. The summed E-state index contributed by atoms with van der Waals surface area (Å²) in [6.07, 6.45) is -0.0652. The fraction of sp³-hybridized carbons (Fsp3) is 0.276. The summed E-state index contributed by atoms with van der Waals surface area (Å²) < 4.78 is 30.3. The molecule has 0 aromatic heterocycles. The van der Waals surface area contributed by atoms with E-state index in [2.05, 4.69) is 5.32 Å². The largest absolute Gasteiger partial charge is 0.530 e. The number of nitrogens with zero attached hydrogens (tertiary/aromatic N) is 1. The number of carbonyl (C=O) groups excluding carboxylic acids is 2. The van der Waals surface area contributed by atoms with Crippen molar-refractivity contribution in [1.82, 2.24) is 4.90 Å². The molecule has 1 atom stereocenters. The highest BCUT2D eigenvalue weighted by Gasteiger charge is 2.22. The van der Waals surface area contributed by atoms with Gasteiger partial charge in [-0.15, -0.1) is 0 Å². The average molecular weight is 551 g/mol. The summed E-state index contributed by atoms with van der Waals surface area (Å²) in [4.78, 5) is 25.7. The maximum absolute atomic E-state index is 13.1. The average Bonchev–Trinajstić information content (AvgIpc) is 2.88. The maximum Gasteiger partial charge on any atom is 0.265 e. The maximum atomic E-state index is 13.1. The van der Waals surface area contributed by atoms with E-state index < -0.39 is 28.1 Å². The number of ether oxygens (including phenoxy) is 1. The van der Waals surface area contributed by atoms with Crippen LogP contribution in [0.4, 0.5) is 10.5 Å². The summed E-state index contributed by atoms with van der Waals surface area (Å²) in [7, 11) is -3.41. The molecule has 0 aliphatic rings. The number of hydrogen-bond acceptors (Lipinski definition) is 7. The molecular weight excluding hydrogens is 518 g/mol. The van der Waals surface area contributed by atoms with Crippen LogP contribution in [-0.4, -0.2) is 49.6 Å². The topological polar surface area (TPSA) is 140 Å². The van der Waals surface area contributed by atoms with E-state index in [0.29, 0.717) is 41.0 Å². The molecule has 1 unspecified atom stereocenters. The normalized spacial score (nSPS) is 12.0. The Balaban J connectivity index is 1.77. The predicted octanol–water partition coefficient (Wildman–Crippen LogP) is 4.32. The molecule has 2 N–H and O–H groups in total. The van der Waals surface area contributed by atoms with Gasteiger partial charge in [-0.05, 0) is 56.2 Å². The van der Waals surface area contributed by atoms with Gasteiger partial charge < -0.3 is 24.9 Å². The molecule has 3 aromatic carbocycles. The lowest BCUT2D eigenvalue weighted by Gasteiger charge is -2.29. The van der Waals surface area contributed by atoms with Gasteiger partial charge in [0.05, 0.1) is 4.90 Å². The summed E-state index contributed by atoms with van der Waals surface area (Å²) in [5, 5.41) is 22.6. The standard InChI is InChI=1S/C29H33N3O6S/c1-5-9-25(38-23-11-8-10-21(18-23)27(30)32(19(2)3)29(34)35)28(33)31-22-16-14-20(15-17-22)24-12-6-7-13-26(24)39(4,36)37/h6-8,10-19,25,30H,5,9H2,1-4H3,(H,31,33)(H,34,35)/p-1. The predicted molar refractivity (Wildman–Crippen MR) is 149 cm³/mol. The fourth-order valence-electron chi connectivity index (χ4n) is 4.07. The molecule has 0 saturated carbocycles. The Morgan fingerprint density at radius 3 is 2.28 bits per heavy atom. The molecule has 0 fully saturated rings. The highest BCUT2D eigenvalue weighted by atomic mass is 32.2. The van der Waals surface area contributed by atoms with E-state index >= 15 is 0 Å². The number of benzene rings is 3. The quantitative estimate of drug-likeness (QED) is 0.285. The third-order valence-corrected chi connectivity index (χ3v) is 7.09. The zero-order valence-corrected chi connectivity index (χ0v) is 23.1. The molecule has 3 rings (SSSR count). The second-order valence-corrected chi connectivity index (χ2v) is 11.3. The monoisotopic (exact) mass is 550 g/mol. The molecule has 0 heterocycles. The Bertz CT molecular complexity index is 1450. The summed E-state index contributed by atoms with van der Waals surface area (Å²) >= 11 is 0. The van der Waals surface area contributed by atoms with Crippen LogP contribution in [0.1, 0.15) is 39.2 Å². The first-order valence-corrected chi connectivity index (χ1v) is 14.4. The van der Waals surface area contributed by atoms with Gasteiger partial charge in [0, 0.05) is 29.1 Å². The summed E-state index contributed by atoms with van der Waals surface area (Å²) in [5.74, 6) is -0.301. The van der Waals surface area contributed by atoms with Crippen molar-refractivity contribution in [2.75, 3.05) is 11.6 Å². The van der Waals surface area contributed by atoms with Crippen molar-refractivity contribution in [2.45, 2.75) is 50.7 Å². The highest BCUT2D eigenvalue weighted by Crippen LogP contribution is 2.28. The van der Waals surface area contributed by atoms with Gasteiger partial charge in [-0.3, -0.25) is 10.2 Å². The molecule has 2 amide bonds. The number of anilines is 1. The SMILES string of the molecule is CCCC(Oc1cccc(C(=N)N(C(=O)[O-])C(C)C)c1)C(=O)Nc1ccc(-c2ccccc2S(C)(=O)=O)cc1. The van der Waals surface area contributed by atoms with Crippen molar-refractivity contribution in [1.29, 1.82) is 5.41 Å². The van der Waals surface area contributed by atoms with Gasteiger partial charge in [-0.2, -0.15) is 0 Å². The second-order valence-electron chi connectivity index (χ2n) is 9.34. The van der Waals surface area contributed by atoms with Crippen LogP contribution in [0.5, 0.6) is 5.75 Å². The summed E-state index contributed by atoms with van der Waals surface area (Å²) in [6.45, 7) is 5.21. The van der Waals surface area contributed by atoms with Crippen LogP contribution in [0.3, 0.4) is 0 Å². The van der Waals surface area contributed by atoms with E-state index in [1.807, 2.05) is 6.92 Å². The van der Waals surface area contributed by atoms with Crippen molar-refractivity contribution in [3.05, 3.63) is 78.4 Å². The minimum absolute atomic E-state index is 0.227. The molecule has 0 aliphatic carbocycles. The number of carboxylic acid groups (broad SMARTS) is 1. The number of rotatable bonds is 10. The molecule has 0 saturated heterocycles. The molecule has 0 aliphatic heterocycles. The van der Waals surface area contributed by atoms with Crippen molar-refractivity contribution >= 4 is 33.4 Å². The highest BCUT2D eigenvalue weighted by molar-refractivity contribution is 7.90. The number of carbonyl (C=O) groups is 2. The van der Waals surface area contributed by atoms with Gasteiger partial charge in [0.1, 0.15) is 17.7 Å². The van der Waals surface area contributed by atoms with E-state index in [4.69, 9.17) is 10.1 Å². The number of hydrogen-bond donors (Lipinski definition) is 2. The Morgan fingerprint density at radius 2 is 1.69 bits per heavy atom. The first kappa shape index (κ1) is 29.4. The van der Waals surface area contributed by atoms with Gasteiger partial charge >= 0.3 is 0 Å². The van der Waals surface area contributed by atoms with Crippen molar-refractivity contribution in [3.8, 4) is 16.9 Å². The number of amides is 2. The van der Waals surface area contributed by atoms with E-state index in [-0.39, 0.29) is 16.6 Å². The molecular formula is C29H32N3O6S-. The van der Waals surface area contributed by atoms with Gasteiger partial charge in [-0.25, -0.2) is 8.42 Å². The third kappa shape index (κ3) is 7.44. The van der Waals surface area contributed by atoms with Crippen LogP contribution in [0.25, 0.3) is 11.1 Å². The van der Waals surface area contributed by atoms with E-state index in [9.17, 15) is 23.1 Å². The van der Waals surface area contributed by atoms with Crippen LogP contribution >= 0.6 is 0 Å². The zero-order chi connectivity index (χ0) is 28.7. The summed E-state index contributed by atoms with van der Waals surface area (Å²) in [5.41, 5.74) is 2.10. The van der Waals surface area contributed by atoms with Crippen LogP contribution < -0.4 is 15.2 Å². The van der Waals surface area contributed by atoms with Crippen molar-refractivity contribution in [2.24, 2.45) is 0 Å². The lowest BCUT2D eigenvalue weighted by atomic mass is 10.1. The van der Waals surface area contributed by atoms with Gasteiger partial charge in [0.25, 0.3) is 5.91 Å². The van der Waals surface area contributed by atoms with E-state index in [0.717, 1.165) is 11.2 Å². The van der Waals surface area contributed by atoms with Gasteiger partial charge in [0.2, 0.25) is 0 Å². The first-order valence-electron chi connectivity index (χ1n) is 12.5. The van der Waals surface area contributed by atoms with Gasteiger partial charge in [0.15, 0.2) is 15.9 Å². The number of nitrogens with one attached hydrogen (secondary N) is 2. The Hall–Kier alpha value is -4.18. The zero-order valence-electron chi connectivity index (χ0n) is 22.3. The molecule has 0 spiro atoms. The lowest BCUT2D eigenvalue weighted by molar-refractivity contribution is -0.262. The smallest absolute Gasteiger partial charge is 0.265 e. The minimum Gasteiger partial charge on any atom is -0.530 e. The Morgan fingerprint density at radius 1 is 1.03 bits per heavy atom. The Labute approximate surface area is 228 Å². The third-order valence-electron chi connectivity index (χ3n) is 5.93. The number of sulfone groups is 1. The fourth-order valence-corrected chi connectivity index (χ4v) is 4.98. The molecule has 3 aromatic rings. The van der Waals surface area contributed by atoms with E-state index in [1.165, 1.54) is 6.07 Å². The molecule has 39 heavy (non-hydrogen) atoms. The number of amidine groups is 1. The minimum atomic E-state index is -3.41. The second kappa shape index (κ2) is 12.6. The van der Waals surface area contributed by atoms with Crippen LogP contribution in [0.15, 0.2) is 77.7 Å². The van der Waals surface area contributed by atoms with Gasteiger partial charge in [-0.1, -0.05) is 55.8 Å².